The quantitative estimate of drug-likeness (QED) is 0.120. The number of aryl methyl sites for hydroxylation is 2. The molecule has 0 N–H and O–H groups in total. The van der Waals surface area contributed by atoms with Crippen LogP contribution in [0, 0.1) is 0 Å². The molecule has 0 bridgehead atoms. The highest BCUT2D eigenvalue weighted by molar-refractivity contribution is 7.92. The normalized spacial score (nSPS) is 12.6. The van der Waals surface area contributed by atoms with Gasteiger partial charge in [0.25, 0.3) is 5.91 Å². The van der Waals surface area contributed by atoms with Gasteiger partial charge in [-0.1, -0.05) is 91.0 Å². The molecule has 7 rings (SSSR count). The average Bonchev–Trinajstić information content (AvgIpc) is 3.55. The van der Waals surface area contributed by atoms with E-state index in [1.807, 2.05) is 91.0 Å². The SMILES string of the molecule is CS(=O)(=O)N(Cc1ccccc1)c1cc(N(CCOc2cccc3c4c(oc23)CCCC4)C(=O)c2ccccc2)ccc1OCc1ccccc1. The molecular weight excluding hydrogens is 661 g/mol. The molecule has 51 heavy (non-hydrogen) atoms. The second-order valence-corrected chi connectivity index (χ2v) is 14.6. The number of amides is 1. The van der Waals surface area contributed by atoms with E-state index < -0.39 is 10.0 Å². The molecule has 260 valence electrons. The lowest BCUT2D eigenvalue weighted by Gasteiger charge is -2.28. The second kappa shape index (κ2) is 15.1. The molecular formula is C42H40N2O6S. The fourth-order valence-electron chi connectivity index (χ4n) is 6.56. The van der Waals surface area contributed by atoms with Crippen molar-refractivity contribution in [3.8, 4) is 11.5 Å². The molecule has 0 saturated heterocycles. The van der Waals surface area contributed by atoms with E-state index in [1.165, 1.54) is 16.1 Å². The van der Waals surface area contributed by atoms with Crippen molar-refractivity contribution >= 4 is 38.3 Å². The van der Waals surface area contributed by atoms with Crippen LogP contribution in [0.1, 0.15) is 45.7 Å². The van der Waals surface area contributed by atoms with Gasteiger partial charge in [0.05, 0.1) is 25.0 Å². The standard InChI is InChI=1S/C42H40N2O6S/c1-51(46,47)44(29-31-14-5-2-6-15-31)37-28-34(24-25-39(37)49-30-32-16-7-3-8-17-32)43(42(45)33-18-9-4-10-19-33)26-27-48-40-23-13-21-36-35-20-11-12-22-38(35)50-41(36)40/h2-10,13-19,21,23-25,28H,11-12,20,22,26-27,29-30H2,1H3. The molecule has 0 fully saturated rings. The molecule has 1 aromatic heterocycles. The molecule has 5 aromatic carbocycles. The van der Waals surface area contributed by atoms with Gasteiger partial charge in [-0.3, -0.25) is 9.10 Å². The van der Waals surface area contributed by atoms with Crippen molar-refractivity contribution in [1.29, 1.82) is 0 Å². The van der Waals surface area contributed by atoms with E-state index >= 15 is 0 Å². The van der Waals surface area contributed by atoms with E-state index in [0.717, 1.165) is 53.5 Å². The first-order valence-electron chi connectivity index (χ1n) is 17.2. The van der Waals surface area contributed by atoms with Crippen LogP contribution >= 0.6 is 0 Å². The summed E-state index contributed by atoms with van der Waals surface area (Å²) in [4.78, 5) is 15.8. The van der Waals surface area contributed by atoms with Crippen LogP contribution in [0.5, 0.6) is 11.5 Å². The maximum Gasteiger partial charge on any atom is 0.258 e. The number of anilines is 2. The third kappa shape index (κ3) is 7.79. The summed E-state index contributed by atoms with van der Waals surface area (Å²) in [6.45, 7) is 0.673. The first-order chi connectivity index (χ1) is 24.8. The molecule has 0 saturated carbocycles. The number of rotatable bonds is 13. The van der Waals surface area contributed by atoms with Gasteiger partial charge in [-0.05, 0) is 66.8 Å². The predicted octanol–water partition coefficient (Wildman–Crippen LogP) is 8.58. The lowest BCUT2D eigenvalue weighted by molar-refractivity contribution is 0.0982. The minimum absolute atomic E-state index is 0.0810. The molecule has 0 radical (unpaired) electrons. The third-order valence-electron chi connectivity index (χ3n) is 9.11. The van der Waals surface area contributed by atoms with Gasteiger partial charge in [-0.25, -0.2) is 8.42 Å². The first-order valence-corrected chi connectivity index (χ1v) is 19.1. The van der Waals surface area contributed by atoms with Crippen molar-refractivity contribution in [3.63, 3.8) is 0 Å². The van der Waals surface area contributed by atoms with Crippen molar-refractivity contribution in [2.75, 3.05) is 28.6 Å². The molecule has 9 heteroatoms. The highest BCUT2D eigenvalue weighted by Gasteiger charge is 2.26. The van der Waals surface area contributed by atoms with Crippen LogP contribution in [-0.2, 0) is 36.0 Å². The van der Waals surface area contributed by atoms with Crippen molar-refractivity contribution in [2.45, 2.75) is 38.8 Å². The maximum absolute atomic E-state index is 14.2. The van der Waals surface area contributed by atoms with Crippen LogP contribution in [0.15, 0.2) is 132 Å². The van der Waals surface area contributed by atoms with Crippen LogP contribution in [0.25, 0.3) is 11.0 Å². The summed E-state index contributed by atoms with van der Waals surface area (Å²) < 4.78 is 47.2. The minimum Gasteiger partial charge on any atom is -0.488 e. The van der Waals surface area contributed by atoms with Gasteiger partial charge in [0.2, 0.25) is 10.0 Å². The van der Waals surface area contributed by atoms with Crippen LogP contribution < -0.4 is 18.7 Å². The molecule has 0 aliphatic heterocycles. The lowest BCUT2D eigenvalue weighted by Crippen LogP contribution is -2.35. The highest BCUT2D eigenvalue weighted by atomic mass is 32.2. The van der Waals surface area contributed by atoms with Crippen molar-refractivity contribution in [3.05, 3.63) is 155 Å². The number of para-hydroxylation sites is 1. The number of sulfonamides is 1. The number of fused-ring (bicyclic) bond motifs is 3. The average molecular weight is 701 g/mol. The van der Waals surface area contributed by atoms with E-state index in [0.29, 0.717) is 28.4 Å². The van der Waals surface area contributed by atoms with Crippen LogP contribution in [0.3, 0.4) is 0 Å². The van der Waals surface area contributed by atoms with Crippen molar-refractivity contribution in [1.82, 2.24) is 0 Å². The molecule has 1 aliphatic carbocycles. The number of carbonyl (C=O) groups excluding carboxylic acids is 1. The summed E-state index contributed by atoms with van der Waals surface area (Å²) in [6.07, 6.45) is 5.35. The molecule has 8 nitrogen and oxygen atoms in total. The smallest absolute Gasteiger partial charge is 0.258 e. The van der Waals surface area contributed by atoms with Gasteiger partial charge in [0.1, 0.15) is 24.7 Å². The minimum atomic E-state index is -3.80. The van der Waals surface area contributed by atoms with Crippen molar-refractivity contribution < 1.29 is 27.1 Å². The van der Waals surface area contributed by atoms with Gasteiger partial charge < -0.3 is 18.8 Å². The zero-order valence-electron chi connectivity index (χ0n) is 28.5. The summed E-state index contributed by atoms with van der Waals surface area (Å²) in [5.41, 5.74) is 5.06. The summed E-state index contributed by atoms with van der Waals surface area (Å²) in [6, 6.07) is 39.3. The van der Waals surface area contributed by atoms with Gasteiger partial charge in [0.15, 0.2) is 11.3 Å². The number of benzene rings is 5. The number of hydrogen-bond acceptors (Lipinski definition) is 6. The lowest BCUT2D eigenvalue weighted by atomic mass is 9.96. The molecule has 1 amide bonds. The molecule has 0 spiro atoms. The Labute approximate surface area is 298 Å². The van der Waals surface area contributed by atoms with E-state index in [1.54, 1.807) is 35.2 Å². The Morgan fingerprint density at radius 2 is 1.43 bits per heavy atom. The molecule has 1 aliphatic rings. The Morgan fingerprint density at radius 3 is 2.16 bits per heavy atom. The molecule has 6 aromatic rings. The van der Waals surface area contributed by atoms with Crippen LogP contribution in [-0.4, -0.2) is 33.7 Å². The Balaban J connectivity index is 1.24. The van der Waals surface area contributed by atoms with E-state index in [9.17, 15) is 13.2 Å². The van der Waals surface area contributed by atoms with E-state index in [4.69, 9.17) is 13.9 Å². The predicted molar refractivity (Wildman–Crippen MR) is 201 cm³/mol. The zero-order valence-corrected chi connectivity index (χ0v) is 29.3. The zero-order chi connectivity index (χ0) is 35.2. The Bertz CT molecular complexity index is 2220. The number of carbonyl (C=O) groups is 1. The van der Waals surface area contributed by atoms with Gasteiger partial charge in [-0.15, -0.1) is 0 Å². The van der Waals surface area contributed by atoms with Gasteiger partial charge in [-0.2, -0.15) is 0 Å². The summed E-state index contributed by atoms with van der Waals surface area (Å²) >= 11 is 0. The number of nitrogens with zero attached hydrogens (tertiary/aromatic N) is 2. The summed E-state index contributed by atoms with van der Waals surface area (Å²) in [5.74, 6) is 1.79. The Hall–Kier alpha value is -5.54. The third-order valence-corrected chi connectivity index (χ3v) is 10.2. The van der Waals surface area contributed by atoms with Gasteiger partial charge >= 0.3 is 0 Å². The molecule has 1 heterocycles. The van der Waals surface area contributed by atoms with Gasteiger partial charge in [0, 0.05) is 28.6 Å². The van der Waals surface area contributed by atoms with E-state index in [2.05, 4.69) is 6.07 Å². The monoisotopic (exact) mass is 700 g/mol. The van der Waals surface area contributed by atoms with Crippen LogP contribution in [0.2, 0.25) is 0 Å². The number of hydrogen-bond donors (Lipinski definition) is 0. The van der Waals surface area contributed by atoms with Crippen LogP contribution in [0.4, 0.5) is 11.4 Å². The fraction of sp³-hybridized carbons (Fsp3) is 0.214. The largest absolute Gasteiger partial charge is 0.488 e. The Morgan fingerprint density at radius 1 is 0.745 bits per heavy atom. The highest BCUT2D eigenvalue weighted by Crippen LogP contribution is 2.38. The summed E-state index contributed by atoms with van der Waals surface area (Å²) in [7, 11) is -3.80. The maximum atomic E-state index is 14.2. The second-order valence-electron chi connectivity index (χ2n) is 12.7. The number of ether oxygens (including phenoxy) is 2. The Kier molecular flexibility index (Phi) is 10.1. The molecule has 0 atom stereocenters. The first kappa shape index (κ1) is 33.9. The molecule has 0 unspecified atom stereocenters. The van der Waals surface area contributed by atoms with Crippen molar-refractivity contribution in [2.24, 2.45) is 0 Å². The topological polar surface area (TPSA) is 89.3 Å². The fourth-order valence-corrected chi connectivity index (χ4v) is 7.44. The summed E-state index contributed by atoms with van der Waals surface area (Å²) in [5, 5.41) is 1.08. The van der Waals surface area contributed by atoms with E-state index in [-0.39, 0.29) is 32.2 Å². The number of furan rings is 1.